The Morgan fingerprint density at radius 2 is 1.87 bits per heavy atom. The van der Waals surface area contributed by atoms with Gasteiger partial charge in [-0.15, -0.1) is 0 Å². The van der Waals surface area contributed by atoms with Gasteiger partial charge in [-0.3, -0.25) is 19.7 Å². The molecule has 8 nitrogen and oxygen atoms in total. The number of rotatable bonds is 6. The highest BCUT2D eigenvalue weighted by atomic mass is 16.6. The Bertz CT molecular complexity index is 978. The fourth-order valence-electron chi connectivity index (χ4n) is 4.42. The zero-order valence-electron chi connectivity index (χ0n) is 17.9. The number of nitro benzene ring substituents is 1. The molecular formula is C23H28N4O4. The number of nitro groups is 1. The Balaban J connectivity index is 1.61. The lowest BCUT2D eigenvalue weighted by molar-refractivity contribution is -0.384. The van der Waals surface area contributed by atoms with Crippen molar-refractivity contribution in [3.05, 3.63) is 64.0 Å². The molecule has 1 aliphatic heterocycles. The molecule has 2 heterocycles. The normalized spacial score (nSPS) is 18.4. The molecule has 0 bridgehead atoms. The van der Waals surface area contributed by atoms with Gasteiger partial charge in [0.05, 0.1) is 11.0 Å². The molecule has 1 aromatic heterocycles. The van der Waals surface area contributed by atoms with E-state index in [0.717, 1.165) is 30.5 Å². The topological polar surface area (TPSA) is 88.7 Å². The van der Waals surface area contributed by atoms with Gasteiger partial charge in [0.15, 0.2) is 0 Å². The van der Waals surface area contributed by atoms with Crippen LogP contribution < -0.4 is 0 Å². The molecule has 164 valence electrons. The van der Waals surface area contributed by atoms with Gasteiger partial charge in [-0.1, -0.05) is 6.42 Å². The molecule has 1 saturated carbocycles. The molecule has 0 N–H and O–H groups in total. The summed E-state index contributed by atoms with van der Waals surface area (Å²) in [5, 5.41) is 11.1. The van der Waals surface area contributed by atoms with Crippen molar-refractivity contribution >= 4 is 17.5 Å². The van der Waals surface area contributed by atoms with Crippen molar-refractivity contribution in [1.82, 2.24) is 14.4 Å². The lowest BCUT2D eigenvalue weighted by Gasteiger charge is -2.40. The second kappa shape index (κ2) is 8.53. The second-order valence-electron chi connectivity index (χ2n) is 8.65. The summed E-state index contributed by atoms with van der Waals surface area (Å²) in [6.07, 6.45) is 4.86. The van der Waals surface area contributed by atoms with Gasteiger partial charge in [0.25, 0.3) is 5.69 Å². The first-order valence-corrected chi connectivity index (χ1v) is 10.9. The van der Waals surface area contributed by atoms with Gasteiger partial charge in [-0.05, 0) is 56.5 Å². The fraction of sp³-hybridized carbons (Fsp3) is 0.478. The first-order valence-electron chi connectivity index (χ1n) is 10.9. The van der Waals surface area contributed by atoms with Gasteiger partial charge < -0.3 is 14.4 Å². The number of carbonyl (C=O) groups is 2. The van der Waals surface area contributed by atoms with E-state index in [1.165, 1.54) is 12.1 Å². The van der Waals surface area contributed by atoms with E-state index < -0.39 is 4.92 Å². The van der Waals surface area contributed by atoms with Crippen LogP contribution in [0.15, 0.2) is 42.6 Å². The molecule has 1 aliphatic carbocycles. The summed E-state index contributed by atoms with van der Waals surface area (Å²) in [7, 11) is 0. The van der Waals surface area contributed by atoms with Crippen LogP contribution in [0.25, 0.3) is 0 Å². The predicted molar refractivity (Wildman–Crippen MR) is 115 cm³/mol. The van der Waals surface area contributed by atoms with Crippen LogP contribution in [0.4, 0.5) is 5.69 Å². The predicted octanol–water partition coefficient (Wildman–Crippen LogP) is 3.37. The summed E-state index contributed by atoms with van der Waals surface area (Å²) < 4.78 is 2.11. The minimum atomic E-state index is -0.428. The molecule has 2 aliphatic rings. The molecule has 31 heavy (non-hydrogen) atoms. The number of carbonyl (C=O) groups excluding carboxylic acids is 2. The maximum absolute atomic E-state index is 13.5. The highest BCUT2D eigenvalue weighted by molar-refractivity contribution is 5.87. The van der Waals surface area contributed by atoms with Crippen LogP contribution in [0.1, 0.15) is 50.4 Å². The number of aromatic nitrogens is 1. The van der Waals surface area contributed by atoms with Crippen molar-refractivity contribution in [3.8, 4) is 0 Å². The minimum Gasteiger partial charge on any atom is -0.348 e. The van der Waals surface area contributed by atoms with Crippen LogP contribution >= 0.6 is 0 Å². The Hall–Kier alpha value is -3.16. The number of amides is 2. The molecule has 0 radical (unpaired) electrons. The van der Waals surface area contributed by atoms with Crippen molar-refractivity contribution in [2.45, 2.75) is 51.7 Å². The van der Waals surface area contributed by atoms with Crippen LogP contribution in [-0.2, 0) is 16.1 Å². The smallest absolute Gasteiger partial charge is 0.269 e. The van der Waals surface area contributed by atoms with Gasteiger partial charge in [0.2, 0.25) is 11.8 Å². The molecule has 2 aromatic rings. The molecule has 1 unspecified atom stereocenters. The van der Waals surface area contributed by atoms with Gasteiger partial charge in [-0.2, -0.15) is 0 Å². The summed E-state index contributed by atoms with van der Waals surface area (Å²) in [6.45, 7) is 5.14. The average molecular weight is 425 g/mol. The lowest BCUT2D eigenvalue weighted by atomic mass is 9.84. The molecule has 0 saturated heterocycles. The summed E-state index contributed by atoms with van der Waals surface area (Å²) in [5.41, 5.74) is 1.81. The number of benzene rings is 1. The van der Waals surface area contributed by atoms with Gasteiger partial charge in [-0.25, -0.2) is 0 Å². The molecule has 1 aromatic carbocycles. The van der Waals surface area contributed by atoms with Gasteiger partial charge >= 0.3 is 0 Å². The molecular weight excluding hydrogens is 396 g/mol. The second-order valence-corrected chi connectivity index (χ2v) is 8.65. The van der Waals surface area contributed by atoms with Crippen molar-refractivity contribution < 1.29 is 14.5 Å². The maximum atomic E-state index is 13.5. The molecule has 2 amide bonds. The molecule has 8 heteroatoms. The molecule has 1 atom stereocenters. The highest BCUT2D eigenvalue weighted by Gasteiger charge is 2.36. The third-order valence-corrected chi connectivity index (χ3v) is 6.44. The Morgan fingerprint density at radius 1 is 1.16 bits per heavy atom. The number of hydrogen-bond acceptors (Lipinski definition) is 4. The zero-order chi connectivity index (χ0) is 22.1. The molecule has 0 spiro atoms. The van der Waals surface area contributed by atoms with Crippen LogP contribution in [0.2, 0.25) is 0 Å². The number of nitrogens with zero attached hydrogens (tertiary/aromatic N) is 4. The summed E-state index contributed by atoms with van der Waals surface area (Å²) >= 11 is 0. The maximum Gasteiger partial charge on any atom is 0.269 e. The Kier molecular flexibility index (Phi) is 5.80. The summed E-state index contributed by atoms with van der Waals surface area (Å²) in [6, 6.07) is 9.90. The van der Waals surface area contributed by atoms with Crippen LogP contribution in [-0.4, -0.2) is 50.2 Å². The standard InChI is InChI=1S/C23H28N4O4/c1-16(2)26(23(29)18-5-3-6-18)15-21(28)25-14-13-24-12-4-7-20(24)22(25)17-8-10-19(11-9-17)27(30)31/h4,7-12,16,18,22H,3,5-6,13-15H2,1-2H3. The monoisotopic (exact) mass is 424 g/mol. The van der Waals surface area contributed by atoms with Crippen LogP contribution in [0, 0.1) is 16.0 Å². The van der Waals surface area contributed by atoms with E-state index >= 15 is 0 Å². The third-order valence-electron chi connectivity index (χ3n) is 6.44. The summed E-state index contributed by atoms with van der Waals surface area (Å²) in [5.74, 6) is 0.0123. The SMILES string of the molecule is CC(C)N(CC(=O)N1CCn2cccc2C1c1ccc([N+](=O)[O-])cc1)C(=O)C1CCC1. The van der Waals surface area contributed by atoms with Crippen molar-refractivity contribution in [1.29, 1.82) is 0 Å². The van der Waals surface area contributed by atoms with E-state index in [0.29, 0.717) is 13.1 Å². The quantitative estimate of drug-likeness (QED) is 0.525. The van der Waals surface area contributed by atoms with E-state index in [1.807, 2.05) is 32.2 Å². The number of fused-ring (bicyclic) bond motifs is 1. The molecule has 4 rings (SSSR count). The van der Waals surface area contributed by atoms with Crippen molar-refractivity contribution in [2.75, 3.05) is 13.1 Å². The largest absolute Gasteiger partial charge is 0.348 e. The Labute approximate surface area is 181 Å². The molecule has 1 fully saturated rings. The first kappa shape index (κ1) is 21.1. The van der Waals surface area contributed by atoms with Gasteiger partial charge in [0, 0.05) is 49.1 Å². The van der Waals surface area contributed by atoms with E-state index in [-0.39, 0.29) is 42.0 Å². The van der Waals surface area contributed by atoms with E-state index in [9.17, 15) is 19.7 Å². The van der Waals surface area contributed by atoms with Crippen LogP contribution in [0.3, 0.4) is 0 Å². The number of hydrogen-bond donors (Lipinski definition) is 0. The van der Waals surface area contributed by atoms with Crippen molar-refractivity contribution in [3.63, 3.8) is 0 Å². The fourth-order valence-corrected chi connectivity index (χ4v) is 4.42. The van der Waals surface area contributed by atoms with Crippen molar-refractivity contribution in [2.24, 2.45) is 5.92 Å². The first-order chi connectivity index (χ1) is 14.9. The zero-order valence-corrected chi connectivity index (χ0v) is 17.9. The lowest BCUT2D eigenvalue weighted by Crippen LogP contribution is -2.51. The highest BCUT2D eigenvalue weighted by Crippen LogP contribution is 2.34. The van der Waals surface area contributed by atoms with Crippen LogP contribution in [0.5, 0.6) is 0 Å². The van der Waals surface area contributed by atoms with E-state index in [1.54, 1.807) is 21.9 Å². The minimum absolute atomic E-state index is 0.0184. The Morgan fingerprint density at radius 3 is 2.45 bits per heavy atom. The van der Waals surface area contributed by atoms with Gasteiger partial charge in [0.1, 0.15) is 6.54 Å². The third kappa shape index (κ3) is 4.06. The van der Waals surface area contributed by atoms with E-state index in [2.05, 4.69) is 4.57 Å². The average Bonchev–Trinajstić information content (AvgIpc) is 3.18. The number of non-ortho nitro benzene ring substituents is 1. The van der Waals surface area contributed by atoms with E-state index in [4.69, 9.17) is 0 Å². The summed E-state index contributed by atoms with van der Waals surface area (Å²) in [4.78, 5) is 40.5.